The highest BCUT2D eigenvalue weighted by Crippen LogP contribution is 2.32. The molecule has 2 atom stereocenters. The molecule has 0 radical (unpaired) electrons. The van der Waals surface area contributed by atoms with Crippen molar-refractivity contribution in [3.05, 3.63) is 0 Å². The molecule has 0 heterocycles. The predicted octanol–water partition coefficient (Wildman–Crippen LogP) is 8.40. The lowest BCUT2D eigenvalue weighted by Gasteiger charge is -2.27. The zero-order valence-electron chi connectivity index (χ0n) is 16.8. The molecule has 134 valence electrons. The van der Waals surface area contributed by atoms with E-state index in [1.54, 1.807) is 0 Å². The fraction of sp³-hybridized carbons (Fsp3) is 1.00. The second-order valence-electron chi connectivity index (χ2n) is 8.82. The molecule has 0 nitrogen and oxygen atoms in total. The molecule has 0 bridgehead atoms. The van der Waals surface area contributed by atoms with Gasteiger partial charge in [-0.05, 0) is 30.1 Å². The number of hydrogen-bond acceptors (Lipinski definition) is 0. The van der Waals surface area contributed by atoms with E-state index in [0.717, 1.165) is 11.8 Å². The standard InChI is InChI=1S/C22H46/c1-7-9-10-12-15-20(3)16-13-11-14-17-21(4)19-22(5,6)18-8-2/h20-21H,7-19H2,1-6H3. The highest BCUT2D eigenvalue weighted by molar-refractivity contribution is 4.71. The lowest BCUT2D eigenvalue weighted by molar-refractivity contribution is 0.244. The highest BCUT2D eigenvalue weighted by atomic mass is 14.2. The van der Waals surface area contributed by atoms with Gasteiger partial charge in [-0.15, -0.1) is 0 Å². The van der Waals surface area contributed by atoms with Crippen molar-refractivity contribution in [1.82, 2.24) is 0 Å². The summed E-state index contributed by atoms with van der Waals surface area (Å²) < 4.78 is 0. The third kappa shape index (κ3) is 13.6. The summed E-state index contributed by atoms with van der Waals surface area (Å²) in [5.74, 6) is 1.87. The lowest BCUT2D eigenvalue weighted by atomic mass is 9.78. The minimum Gasteiger partial charge on any atom is -0.0654 e. The number of unbranched alkanes of at least 4 members (excludes halogenated alkanes) is 5. The topological polar surface area (TPSA) is 0 Å². The van der Waals surface area contributed by atoms with E-state index in [1.807, 2.05) is 0 Å². The van der Waals surface area contributed by atoms with Gasteiger partial charge in [-0.25, -0.2) is 0 Å². The van der Waals surface area contributed by atoms with Crippen LogP contribution in [0.25, 0.3) is 0 Å². The van der Waals surface area contributed by atoms with Crippen LogP contribution in [0.4, 0.5) is 0 Å². The summed E-state index contributed by atoms with van der Waals surface area (Å²) in [6.07, 6.45) is 18.5. The molecule has 0 aliphatic rings. The summed E-state index contributed by atoms with van der Waals surface area (Å²) in [4.78, 5) is 0. The molecule has 0 amide bonds. The summed E-state index contributed by atoms with van der Waals surface area (Å²) in [7, 11) is 0. The maximum absolute atomic E-state index is 2.47. The molecule has 22 heavy (non-hydrogen) atoms. The molecule has 0 aliphatic carbocycles. The number of hydrogen-bond donors (Lipinski definition) is 0. The van der Waals surface area contributed by atoms with E-state index in [-0.39, 0.29) is 0 Å². The predicted molar refractivity (Wildman–Crippen MR) is 103 cm³/mol. The average Bonchev–Trinajstić information content (AvgIpc) is 2.42. The normalized spacial score (nSPS) is 15.0. The molecule has 0 aromatic rings. The Kier molecular flexibility index (Phi) is 13.4. The second kappa shape index (κ2) is 13.4. The van der Waals surface area contributed by atoms with Crippen LogP contribution >= 0.6 is 0 Å². The van der Waals surface area contributed by atoms with Gasteiger partial charge in [-0.3, -0.25) is 0 Å². The molecule has 2 unspecified atom stereocenters. The van der Waals surface area contributed by atoms with Crippen LogP contribution in [0.5, 0.6) is 0 Å². The quantitative estimate of drug-likeness (QED) is 0.266. The first-order valence-corrected chi connectivity index (χ1v) is 10.4. The van der Waals surface area contributed by atoms with Crippen molar-refractivity contribution in [1.29, 1.82) is 0 Å². The Morgan fingerprint density at radius 1 is 0.636 bits per heavy atom. The monoisotopic (exact) mass is 310 g/mol. The van der Waals surface area contributed by atoms with Crippen molar-refractivity contribution in [2.24, 2.45) is 17.3 Å². The van der Waals surface area contributed by atoms with Gasteiger partial charge in [0.05, 0.1) is 0 Å². The summed E-state index contributed by atoms with van der Waals surface area (Å²) >= 11 is 0. The van der Waals surface area contributed by atoms with Crippen molar-refractivity contribution in [3.8, 4) is 0 Å². The largest absolute Gasteiger partial charge is 0.0654 e. The van der Waals surface area contributed by atoms with E-state index in [9.17, 15) is 0 Å². The van der Waals surface area contributed by atoms with Crippen LogP contribution < -0.4 is 0 Å². The Morgan fingerprint density at radius 3 is 1.64 bits per heavy atom. The molecule has 0 heteroatoms. The zero-order valence-corrected chi connectivity index (χ0v) is 16.8. The SMILES string of the molecule is CCCCCCC(C)CCCCCC(C)CC(C)(C)CCC. The van der Waals surface area contributed by atoms with Crippen LogP contribution in [-0.4, -0.2) is 0 Å². The van der Waals surface area contributed by atoms with Crippen LogP contribution in [0, 0.1) is 17.3 Å². The van der Waals surface area contributed by atoms with Gasteiger partial charge in [0.25, 0.3) is 0 Å². The molecule has 0 spiro atoms. The zero-order chi connectivity index (χ0) is 16.8. The Morgan fingerprint density at radius 2 is 1.14 bits per heavy atom. The van der Waals surface area contributed by atoms with Gasteiger partial charge in [0.15, 0.2) is 0 Å². The van der Waals surface area contributed by atoms with E-state index in [1.165, 1.54) is 83.5 Å². The minimum atomic E-state index is 0.557. The molecule has 0 aromatic carbocycles. The fourth-order valence-electron chi connectivity index (χ4n) is 4.05. The Bertz CT molecular complexity index is 228. The van der Waals surface area contributed by atoms with E-state index < -0.39 is 0 Å². The van der Waals surface area contributed by atoms with Gasteiger partial charge >= 0.3 is 0 Å². The molecule has 0 saturated carbocycles. The average molecular weight is 311 g/mol. The summed E-state index contributed by atoms with van der Waals surface area (Å²) in [5.41, 5.74) is 0.557. The fourth-order valence-corrected chi connectivity index (χ4v) is 4.05. The maximum atomic E-state index is 2.47. The van der Waals surface area contributed by atoms with Crippen LogP contribution in [-0.2, 0) is 0 Å². The molecular weight excluding hydrogens is 264 g/mol. The van der Waals surface area contributed by atoms with Crippen LogP contribution in [0.1, 0.15) is 125 Å². The lowest BCUT2D eigenvalue weighted by Crippen LogP contribution is -2.15. The number of rotatable bonds is 15. The van der Waals surface area contributed by atoms with Gasteiger partial charge < -0.3 is 0 Å². The smallest absolute Gasteiger partial charge is 0.0352 e. The van der Waals surface area contributed by atoms with E-state index in [4.69, 9.17) is 0 Å². The van der Waals surface area contributed by atoms with Crippen molar-refractivity contribution in [2.45, 2.75) is 125 Å². The summed E-state index contributed by atoms with van der Waals surface area (Å²) in [5, 5.41) is 0. The Hall–Kier alpha value is 0. The molecule has 0 fully saturated rings. The molecular formula is C22H46. The van der Waals surface area contributed by atoms with Crippen molar-refractivity contribution >= 4 is 0 Å². The van der Waals surface area contributed by atoms with Gasteiger partial charge in [0.2, 0.25) is 0 Å². The third-order valence-electron chi connectivity index (χ3n) is 5.27. The molecule has 0 saturated heterocycles. The van der Waals surface area contributed by atoms with Crippen molar-refractivity contribution < 1.29 is 0 Å². The Labute approximate surface area is 142 Å². The summed E-state index contributed by atoms with van der Waals surface area (Å²) in [6.45, 7) is 14.4. The minimum absolute atomic E-state index is 0.557. The van der Waals surface area contributed by atoms with Gasteiger partial charge in [-0.2, -0.15) is 0 Å². The van der Waals surface area contributed by atoms with Crippen LogP contribution in [0.2, 0.25) is 0 Å². The third-order valence-corrected chi connectivity index (χ3v) is 5.27. The Balaban J connectivity index is 3.51. The second-order valence-corrected chi connectivity index (χ2v) is 8.82. The van der Waals surface area contributed by atoms with Gasteiger partial charge in [0.1, 0.15) is 0 Å². The van der Waals surface area contributed by atoms with Crippen LogP contribution in [0.3, 0.4) is 0 Å². The van der Waals surface area contributed by atoms with Gasteiger partial charge in [-0.1, -0.05) is 112 Å². The molecule has 0 aliphatic heterocycles. The first kappa shape index (κ1) is 22.0. The first-order valence-electron chi connectivity index (χ1n) is 10.4. The van der Waals surface area contributed by atoms with Gasteiger partial charge in [0, 0.05) is 0 Å². The maximum Gasteiger partial charge on any atom is -0.0352 e. The molecule has 0 N–H and O–H groups in total. The molecule has 0 aromatic heterocycles. The molecule has 0 rings (SSSR count). The summed E-state index contributed by atoms with van der Waals surface area (Å²) in [6, 6.07) is 0. The van der Waals surface area contributed by atoms with E-state index in [2.05, 4.69) is 41.5 Å². The van der Waals surface area contributed by atoms with E-state index >= 15 is 0 Å². The van der Waals surface area contributed by atoms with Crippen LogP contribution in [0.15, 0.2) is 0 Å². The van der Waals surface area contributed by atoms with E-state index in [0.29, 0.717) is 5.41 Å². The van der Waals surface area contributed by atoms with Crippen molar-refractivity contribution in [3.63, 3.8) is 0 Å². The highest BCUT2D eigenvalue weighted by Gasteiger charge is 2.19. The van der Waals surface area contributed by atoms with Crippen molar-refractivity contribution in [2.75, 3.05) is 0 Å². The first-order chi connectivity index (χ1) is 10.4.